The predicted octanol–water partition coefficient (Wildman–Crippen LogP) is 2.51. The van der Waals surface area contributed by atoms with Gasteiger partial charge in [-0.25, -0.2) is 0 Å². The van der Waals surface area contributed by atoms with Crippen LogP contribution < -0.4 is 0 Å². The molecule has 0 spiro atoms. The Hall–Kier alpha value is -2.36. The van der Waals surface area contributed by atoms with E-state index in [2.05, 4.69) is 22.0 Å². The van der Waals surface area contributed by atoms with Gasteiger partial charge >= 0.3 is 0 Å². The number of para-hydroxylation sites is 1. The number of rotatable bonds is 1. The summed E-state index contributed by atoms with van der Waals surface area (Å²) in [6, 6.07) is 8.29. The van der Waals surface area contributed by atoms with Crippen LogP contribution in [0.2, 0.25) is 0 Å². The molecule has 1 atom stereocenters. The summed E-state index contributed by atoms with van der Waals surface area (Å²) < 4.78 is 0. The van der Waals surface area contributed by atoms with Crippen molar-refractivity contribution < 1.29 is 9.59 Å². The van der Waals surface area contributed by atoms with Crippen LogP contribution in [0.3, 0.4) is 0 Å². The Morgan fingerprint density at radius 3 is 2.95 bits per heavy atom. The van der Waals surface area contributed by atoms with Crippen LogP contribution in [0.25, 0.3) is 10.9 Å². The van der Waals surface area contributed by atoms with Gasteiger partial charge in [-0.15, -0.1) is 0 Å². The average Bonchev–Trinajstić information content (AvgIpc) is 2.85. The topological polar surface area (TPSA) is 53.2 Å². The fourth-order valence-corrected chi connectivity index (χ4v) is 3.52. The monoisotopic (exact) mass is 280 g/mol. The standard InChI is InChI=1S/C17H16N2O2/c1-10(20)13-9-19-7-6-12-11-4-2-3-5-14(11)18-17(12)15(19)8-16(13)21/h2-5,9,15,18H,6-8H2,1H3. The summed E-state index contributed by atoms with van der Waals surface area (Å²) in [6.45, 7) is 2.31. The third-order valence-electron chi connectivity index (χ3n) is 4.55. The maximum Gasteiger partial charge on any atom is 0.170 e. The SMILES string of the molecule is CC(=O)C1=CN2CCc3c([nH]c4ccccc34)C2CC1=O. The van der Waals surface area contributed by atoms with E-state index in [0.717, 1.165) is 24.2 Å². The Balaban J connectivity index is 1.84. The van der Waals surface area contributed by atoms with Crippen molar-refractivity contribution in [2.24, 2.45) is 0 Å². The fraction of sp³-hybridized carbons (Fsp3) is 0.294. The van der Waals surface area contributed by atoms with Gasteiger partial charge in [0.2, 0.25) is 0 Å². The minimum atomic E-state index is -0.138. The van der Waals surface area contributed by atoms with Crippen LogP contribution in [0.1, 0.15) is 30.6 Å². The Morgan fingerprint density at radius 2 is 2.14 bits per heavy atom. The zero-order valence-corrected chi connectivity index (χ0v) is 11.8. The quantitative estimate of drug-likeness (QED) is 0.817. The summed E-state index contributed by atoms with van der Waals surface area (Å²) >= 11 is 0. The minimum absolute atomic E-state index is 0.0387. The molecule has 2 aliphatic rings. The molecule has 1 aromatic heterocycles. The van der Waals surface area contributed by atoms with Crippen molar-refractivity contribution in [2.45, 2.75) is 25.8 Å². The van der Waals surface area contributed by atoms with Gasteiger partial charge in [-0.2, -0.15) is 0 Å². The number of hydrogen-bond acceptors (Lipinski definition) is 3. The van der Waals surface area contributed by atoms with E-state index in [4.69, 9.17) is 0 Å². The lowest BCUT2D eigenvalue weighted by atomic mass is 9.89. The zero-order valence-electron chi connectivity index (χ0n) is 11.8. The molecular weight excluding hydrogens is 264 g/mol. The lowest BCUT2D eigenvalue weighted by Crippen LogP contribution is -2.37. The number of H-pyrrole nitrogens is 1. The second kappa shape index (κ2) is 4.32. The number of allylic oxidation sites excluding steroid dienone is 1. The smallest absolute Gasteiger partial charge is 0.170 e. The predicted molar refractivity (Wildman–Crippen MR) is 79.8 cm³/mol. The Labute approximate surface area is 122 Å². The lowest BCUT2D eigenvalue weighted by Gasteiger charge is -2.37. The van der Waals surface area contributed by atoms with Crippen molar-refractivity contribution in [3.8, 4) is 0 Å². The molecule has 2 aliphatic heterocycles. The molecule has 4 rings (SSSR count). The Kier molecular flexibility index (Phi) is 2.55. The van der Waals surface area contributed by atoms with E-state index < -0.39 is 0 Å². The zero-order chi connectivity index (χ0) is 14.6. The minimum Gasteiger partial charge on any atom is -0.367 e. The Bertz CT molecular complexity index is 800. The molecule has 1 unspecified atom stereocenters. The van der Waals surface area contributed by atoms with Crippen LogP contribution in [-0.2, 0) is 16.0 Å². The number of nitrogens with one attached hydrogen (secondary N) is 1. The van der Waals surface area contributed by atoms with E-state index >= 15 is 0 Å². The summed E-state index contributed by atoms with van der Waals surface area (Å²) in [7, 11) is 0. The van der Waals surface area contributed by atoms with Gasteiger partial charge in [0.15, 0.2) is 11.6 Å². The first-order valence-electron chi connectivity index (χ1n) is 7.26. The number of carbonyl (C=O) groups excluding carboxylic acids is 2. The van der Waals surface area contributed by atoms with Crippen LogP contribution >= 0.6 is 0 Å². The van der Waals surface area contributed by atoms with Gasteiger partial charge in [0.25, 0.3) is 0 Å². The van der Waals surface area contributed by atoms with Crippen molar-refractivity contribution >= 4 is 22.5 Å². The number of carbonyl (C=O) groups is 2. The van der Waals surface area contributed by atoms with Crippen LogP contribution in [0.4, 0.5) is 0 Å². The molecule has 4 nitrogen and oxygen atoms in total. The molecule has 0 radical (unpaired) electrons. The van der Waals surface area contributed by atoms with Crippen LogP contribution in [0.5, 0.6) is 0 Å². The van der Waals surface area contributed by atoms with Crippen molar-refractivity contribution in [1.82, 2.24) is 9.88 Å². The number of Topliss-reactive ketones (excluding diaryl/α,β-unsaturated/α-hetero) is 2. The average molecular weight is 280 g/mol. The number of fused-ring (bicyclic) bond motifs is 5. The molecule has 4 heteroatoms. The highest BCUT2D eigenvalue weighted by molar-refractivity contribution is 6.19. The molecule has 0 bridgehead atoms. The second-order valence-corrected chi connectivity index (χ2v) is 5.79. The van der Waals surface area contributed by atoms with Crippen LogP contribution in [0.15, 0.2) is 36.0 Å². The Morgan fingerprint density at radius 1 is 1.33 bits per heavy atom. The first-order valence-corrected chi connectivity index (χ1v) is 7.26. The first kappa shape index (κ1) is 12.4. The fourth-order valence-electron chi connectivity index (χ4n) is 3.52. The van der Waals surface area contributed by atoms with Gasteiger partial charge < -0.3 is 9.88 Å². The third-order valence-corrected chi connectivity index (χ3v) is 4.55. The molecular formula is C17H16N2O2. The summed E-state index contributed by atoms with van der Waals surface area (Å²) in [6.07, 6.45) is 3.07. The van der Waals surface area contributed by atoms with E-state index in [9.17, 15) is 9.59 Å². The highest BCUT2D eigenvalue weighted by Gasteiger charge is 2.35. The molecule has 0 saturated heterocycles. The summed E-state index contributed by atoms with van der Waals surface area (Å²) in [5, 5.41) is 1.25. The van der Waals surface area contributed by atoms with E-state index in [1.165, 1.54) is 17.9 Å². The molecule has 0 fully saturated rings. The molecule has 0 aliphatic carbocycles. The van der Waals surface area contributed by atoms with Crippen LogP contribution in [0, 0.1) is 0 Å². The third kappa shape index (κ3) is 1.75. The van der Waals surface area contributed by atoms with Gasteiger partial charge in [0, 0.05) is 35.8 Å². The first-order chi connectivity index (χ1) is 10.1. The summed E-state index contributed by atoms with van der Waals surface area (Å²) in [4.78, 5) is 29.3. The maximum absolute atomic E-state index is 12.2. The van der Waals surface area contributed by atoms with E-state index in [1.54, 1.807) is 6.20 Å². The number of hydrogen-bond donors (Lipinski definition) is 1. The highest BCUT2D eigenvalue weighted by atomic mass is 16.1. The molecule has 0 saturated carbocycles. The molecule has 106 valence electrons. The number of benzene rings is 1. The van der Waals surface area contributed by atoms with Crippen LogP contribution in [-0.4, -0.2) is 28.0 Å². The molecule has 1 aromatic carbocycles. The van der Waals surface area contributed by atoms with Crippen molar-refractivity contribution in [3.63, 3.8) is 0 Å². The van der Waals surface area contributed by atoms with Gasteiger partial charge in [0.05, 0.1) is 11.6 Å². The van der Waals surface area contributed by atoms with Gasteiger partial charge in [-0.1, -0.05) is 18.2 Å². The van der Waals surface area contributed by atoms with Gasteiger partial charge in [0.1, 0.15) is 0 Å². The van der Waals surface area contributed by atoms with Crippen molar-refractivity contribution in [3.05, 3.63) is 47.3 Å². The van der Waals surface area contributed by atoms with E-state index in [0.29, 0.717) is 12.0 Å². The summed E-state index contributed by atoms with van der Waals surface area (Å²) in [5.41, 5.74) is 3.91. The van der Waals surface area contributed by atoms with Crippen molar-refractivity contribution in [1.29, 1.82) is 0 Å². The van der Waals surface area contributed by atoms with Gasteiger partial charge in [-0.3, -0.25) is 9.59 Å². The normalized spacial score (nSPS) is 21.0. The maximum atomic E-state index is 12.2. The number of nitrogens with zero attached hydrogens (tertiary/aromatic N) is 1. The summed E-state index contributed by atoms with van der Waals surface area (Å²) in [5.74, 6) is -0.184. The van der Waals surface area contributed by atoms with E-state index in [-0.39, 0.29) is 17.6 Å². The molecule has 21 heavy (non-hydrogen) atoms. The number of aromatic nitrogens is 1. The molecule has 2 aromatic rings. The highest BCUT2D eigenvalue weighted by Crippen LogP contribution is 2.39. The van der Waals surface area contributed by atoms with Crippen molar-refractivity contribution in [2.75, 3.05) is 6.54 Å². The largest absolute Gasteiger partial charge is 0.367 e. The van der Waals surface area contributed by atoms with E-state index in [1.807, 2.05) is 12.1 Å². The van der Waals surface area contributed by atoms with Gasteiger partial charge in [-0.05, 0) is 25.0 Å². The lowest BCUT2D eigenvalue weighted by molar-refractivity contribution is -0.122. The number of ketones is 2. The molecule has 0 amide bonds. The molecule has 1 N–H and O–H groups in total. The number of aromatic amines is 1. The molecule has 3 heterocycles. The second-order valence-electron chi connectivity index (χ2n) is 5.79.